The second-order valence-corrected chi connectivity index (χ2v) is 8.58. The molecule has 0 spiro atoms. The zero-order valence-corrected chi connectivity index (χ0v) is 17.5. The Labute approximate surface area is 165 Å². The molecular formula is C21H24N2O4S. The molecule has 3 aromatic rings. The summed E-state index contributed by atoms with van der Waals surface area (Å²) in [5.74, 6) is 0.817. The van der Waals surface area contributed by atoms with E-state index in [0.29, 0.717) is 11.3 Å². The summed E-state index contributed by atoms with van der Waals surface area (Å²) in [6.45, 7) is 7.86. The van der Waals surface area contributed by atoms with Crippen LogP contribution in [-0.2, 0) is 16.6 Å². The van der Waals surface area contributed by atoms with E-state index < -0.39 is 10.0 Å². The van der Waals surface area contributed by atoms with Crippen LogP contribution in [0.25, 0.3) is 11.3 Å². The highest BCUT2D eigenvalue weighted by atomic mass is 32.2. The fraction of sp³-hybridized carbons (Fsp3) is 0.286. The quantitative estimate of drug-likeness (QED) is 0.675. The van der Waals surface area contributed by atoms with Crippen LogP contribution >= 0.6 is 0 Å². The molecule has 7 heteroatoms. The predicted molar refractivity (Wildman–Crippen MR) is 108 cm³/mol. The highest BCUT2D eigenvalue weighted by molar-refractivity contribution is 7.89. The molecule has 0 aliphatic carbocycles. The second kappa shape index (κ2) is 7.77. The Morgan fingerprint density at radius 1 is 1.07 bits per heavy atom. The van der Waals surface area contributed by atoms with Gasteiger partial charge in [-0.1, -0.05) is 28.9 Å². The van der Waals surface area contributed by atoms with Gasteiger partial charge in [-0.2, -0.15) is 0 Å². The lowest BCUT2D eigenvalue weighted by atomic mass is 10.1. The maximum atomic E-state index is 13.0. The molecule has 0 fully saturated rings. The molecule has 0 bridgehead atoms. The number of hydrogen-bond acceptors (Lipinski definition) is 5. The SMILES string of the molecule is COc1ccc(-c2onc(C)c2C)cc1S(=O)(=O)NCc1cc(C)ccc1C. The maximum absolute atomic E-state index is 13.0. The lowest BCUT2D eigenvalue weighted by Crippen LogP contribution is -2.24. The minimum Gasteiger partial charge on any atom is -0.495 e. The van der Waals surface area contributed by atoms with E-state index in [9.17, 15) is 8.42 Å². The van der Waals surface area contributed by atoms with E-state index in [0.717, 1.165) is 27.9 Å². The van der Waals surface area contributed by atoms with Gasteiger partial charge in [0.15, 0.2) is 5.76 Å². The molecule has 3 rings (SSSR count). The van der Waals surface area contributed by atoms with Crippen LogP contribution in [0.5, 0.6) is 5.75 Å². The molecule has 0 atom stereocenters. The first-order valence-corrected chi connectivity index (χ1v) is 10.4. The predicted octanol–water partition coefficient (Wildman–Crippen LogP) is 4.06. The number of nitrogens with zero attached hydrogens (tertiary/aromatic N) is 1. The third-order valence-electron chi connectivity index (χ3n) is 4.83. The normalized spacial score (nSPS) is 11.6. The minimum absolute atomic E-state index is 0.0614. The largest absolute Gasteiger partial charge is 0.495 e. The molecule has 1 aromatic heterocycles. The van der Waals surface area contributed by atoms with Crippen molar-refractivity contribution in [2.45, 2.75) is 39.1 Å². The zero-order chi connectivity index (χ0) is 20.5. The summed E-state index contributed by atoms with van der Waals surface area (Å²) in [7, 11) is -2.36. The standard InChI is InChI=1S/C21H24N2O4S/c1-13-6-7-14(2)18(10-13)12-22-28(24,25)20-11-17(8-9-19(20)26-5)21-15(3)16(4)23-27-21/h6-11,22H,12H2,1-5H3. The Morgan fingerprint density at radius 3 is 2.46 bits per heavy atom. The average Bonchev–Trinajstić information content (AvgIpc) is 3.01. The topological polar surface area (TPSA) is 81.4 Å². The number of aryl methyl sites for hydroxylation is 3. The molecule has 1 heterocycles. The van der Waals surface area contributed by atoms with Crippen molar-refractivity contribution in [2.75, 3.05) is 7.11 Å². The fourth-order valence-electron chi connectivity index (χ4n) is 2.95. The molecule has 0 aliphatic heterocycles. The number of methoxy groups -OCH3 is 1. The lowest BCUT2D eigenvalue weighted by Gasteiger charge is -2.13. The molecule has 28 heavy (non-hydrogen) atoms. The number of ether oxygens (including phenoxy) is 1. The molecule has 0 amide bonds. The number of sulfonamides is 1. The van der Waals surface area contributed by atoms with E-state index in [2.05, 4.69) is 9.88 Å². The first kappa shape index (κ1) is 20.1. The van der Waals surface area contributed by atoms with Gasteiger partial charge in [0.2, 0.25) is 10.0 Å². The summed E-state index contributed by atoms with van der Waals surface area (Å²) in [6.07, 6.45) is 0. The molecule has 2 aromatic carbocycles. The maximum Gasteiger partial charge on any atom is 0.244 e. The van der Waals surface area contributed by atoms with Gasteiger partial charge in [0.25, 0.3) is 0 Å². The Hall–Kier alpha value is -2.64. The first-order valence-electron chi connectivity index (χ1n) is 8.90. The lowest BCUT2D eigenvalue weighted by molar-refractivity contribution is 0.402. The van der Waals surface area contributed by atoms with Crippen LogP contribution < -0.4 is 9.46 Å². The van der Waals surface area contributed by atoms with Crippen molar-refractivity contribution in [3.63, 3.8) is 0 Å². The molecule has 0 saturated heterocycles. The van der Waals surface area contributed by atoms with Crippen molar-refractivity contribution >= 4 is 10.0 Å². The third-order valence-corrected chi connectivity index (χ3v) is 6.25. The number of rotatable bonds is 6. The molecule has 6 nitrogen and oxygen atoms in total. The number of hydrogen-bond donors (Lipinski definition) is 1. The number of aromatic nitrogens is 1. The zero-order valence-electron chi connectivity index (χ0n) is 16.7. The monoisotopic (exact) mass is 400 g/mol. The van der Waals surface area contributed by atoms with E-state index in [4.69, 9.17) is 9.26 Å². The van der Waals surface area contributed by atoms with Crippen molar-refractivity contribution < 1.29 is 17.7 Å². The summed E-state index contributed by atoms with van der Waals surface area (Å²) in [5.41, 5.74) is 5.31. The number of benzene rings is 2. The van der Waals surface area contributed by atoms with Crippen LogP contribution in [0.15, 0.2) is 45.8 Å². The number of nitrogens with one attached hydrogen (secondary N) is 1. The van der Waals surface area contributed by atoms with Gasteiger partial charge in [-0.3, -0.25) is 0 Å². The summed E-state index contributed by atoms with van der Waals surface area (Å²) < 4.78 is 39.4. The molecule has 0 saturated carbocycles. The molecule has 148 valence electrons. The van der Waals surface area contributed by atoms with Gasteiger partial charge in [0, 0.05) is 17.7 Å². The molecular weight excluding hydrogens is 376 g/mol. The van der Waals surface area contributed by atoms with Crippen LogP contribution in [0, 0.1) is 27.7 Å². The van der Waals surface area contributed by atoms with Crippen molar-refractivity contribution in [3.05, 3.63) is 64.3 Å². The molecule has 0 radical (unpaired) electrons. The van der Waals surface area contributed by atoms with Crippen LogP contribution in [0.1, 0.15) is 27.9 Å². The highest BCUT2D eigenvalue weighted by Gasteiger charge is 2.22. The van der Waals surface area contributed by atoms with Crippen LogP contribution in [0.3, 0.4) is 0 Å². The molecule has 1 N–H and O–H groups in total. The van der Waals surface area contributed by atoms with E-state index >= 15 is 0 Å². The van der Waals surface area contributed by atoms with Crippen molar-refractivity contribution in [1.29, 1.82) is 0 Å². The second-order valence-electron chi connectivity index (χ2n) is 6.84. The van der Waals surface area contributed by atoms with Gasteiger partial charge < -0.3 is 9.26 Å². The molecule has 0 aliphatic rings. The average molecular weight is 401 g/mol. The van der Waals surface area contributed by atoms with Gasteiger partial charge >= 0.3 is 0 Å². The Morgan fingerprint density at radius 2 is 1.82 bits per heavy atom. The van der Waals surface area contributed by atoms with Gasteiger partial charge in [-0.25, -0.2) is 13.1 Å². The van der Waals surface area contributed by atoms with Gasteiger partial charge in [-0.05, 0) is 57.0 Å². The van der Waals surface area contributed by atoms with E-state index in [1.54, 1.807) is 18.2 Å². The summed E-state index contributed by atoms with van der Waals surface area (Å²) in [5, 5.41) is 3.95. The van der Waals surface area contributed by atoms with Crippen molar-refractivity contribution in [2.24, 2.45) is 0 Å². The third kappa shape index (κ3) is 3.95. The Balaban J connectivity index is 1.97. The van der Waals surface area contributed by atoms with E-state index in [-0.39, 0.29) is 17.2 Å². The van der Waals surface area contributed by atoms with Crippen LogP contribution in [-0.4, -0.2) is 20.7 Å². The van der Waals surface area contributed by atoms with Crippen LogP contribution in [0.2, 0.25) is 0 Å². The Bertz CT molecular complexity index is 1120. The van der Waals surface area contributed by atoms with Gasteiger partial charge in [0.05, 0.1) is 12.8 Å². The van der Waals surface area contributed by atoms with E-state index in [1.165, 1.54) is 7.11 Å². The van der Waals surface area contributed by atoms with Gasteiger partial charge in [-0.15, -0.1) is 0 Å². The van der Waals surface area contributed by atoms with Gasteiger partial charge in [0.1, 0.15) is 10.6 Å². The van der Waals surface area contributed by atoms with E-state index in [1.807, 2.05) is 45.9 Å². The first-order chi connectivity index (χ1) is 13.2. The smallest absolute Gasteiger partial charge is 0.244 e. The Kier molecular flexibility index (Phi) is 5.58. The summed E-state index contributed by atoms with van der Waals surface area (Å²) in [4.78, 5) is 0.0614. The highest BCUT2D eigenvalue weighted by Crippen LogP contribution is 2.32. The molecule has 0 unspecified atom stereocenters. The fourth-order valence-corrected chi connectivity index (χ4v) is 4.15. The van der Waals surface area contributed by atoms with Crippen LogP contribution in [0.4, 0.5) is 0 Å². The van der Waals surface area contributed by atoms with Crippen molar-refractivity contribution in [3.8, 4) is 17.1 Å². The van der Waals surface area contributed by atoms with Crippen molar-refractivity contribution in [1.82, 2.24) is 9.88 Å². The summed E-state index contributed by atoms with van der Waals surface area (Å²) >= 11 is 0. The minimum atomic E-state index is -3.80. The summed E-state index contributed by atoms with van der Waals surface area (Å²) in [6, 6.07) is 10.9.